The second kappa shape index (κ2) is 4.18. The van der Waals surface area contributed by atoms with E-state index in [9.17, 15) is 4.79 Å². The molecule has 0 saturated heterocycles. The number of aryl methyl sites for hydroxylation is 1. The Balaban J connectivity index is 2.84. The van der Waals surface area contributed by atoms with Crippen LogP contribution < -0.4 is 11.3 Å². The molecular weight excluding hydrogens is 166 g/mol. The summed E-state index contributed by atoms with van der Waals surface area (Å²) in [5.41, 5.74) is 6.21. The molecule has 0 aliphatic heterocycles. The highest BCUT2D eigenvalue weighted by Crippen LogP contribution is 1.94. The largest absolute Gasteiger partial charge is 0.330 e. The fourth-order valence-corrected chi connectivity index (χ4v) is 1.06. The van der Waals surface area contributed by atoms with E-state index in [0.29, 0.717) is 19.0 Å². The first-order valence-electron chi connectivity index (χ1n) is 4.36. The maximum atomic E-state index is 11.4. The van der Waals surface area contributed by atoms with Gasteiger partial charge in [0.1, 0.15) is 0 Å². The van der Waals surface area contributed by atoms with E-state index >= 15 is 0 Å². The van der Waals surface area contributed by atoms with Gasteiger partial charge in [-0.05, 0) is 19.4 Å². The second-order valence-electron chi connectivity index (χ2n) is 3.36. The molecule has 4 nitrogen and oxygen atoms in total. The molecule has 1 atom stereocenters. The van der Waals surface area contributed by atoms with Gasteiger partial charge < -0.3 is 5.73 Å². The van der Waals surface area contributed by atoms with E-state index in [1.165, 1.54) is 6.07 Å². The van der Waals surface area contributed by atoms with E-state index in [1.54, 1.807) is 17.8 Å². The van der Waals surface area contributed by atoms with Crippen molar-refractivity contribution in [3.8, 4) is 0 Å². The first-order valence-corrected chi connectivity index (χ1v) is 4.36. The van der Waals surface area contributed by atoms with Crippen LogP contribution in [0.25, 0.3) is 0 Å². The van der Waals surface area contributed by atoms with Crippen LogP contribution in [0.5, 0.6) is 0 Å². The van der Waals surface area contributed by atoms with Gasteiger partial charge in [0.2, 0.25) is 0 Å². The van der Waals surface area contributed by atoms with Gasteiger partial charge in [-0.1, -0.05) is 6.92 Å². The van der Waals surface area contributed by atoms with Crippen molar-refractivity contribution in [2.24, 2.45) is 11.7 Å². The Bertz CT molecular complexity index is 332. The van der Waals surface area contributed by atoms with Crippen LogP contribution in [0.4, 0.5) is 0 Å². The highest BCUT2D eigenvalue weighted by atomic mass is 16.1. The van der Waals surface area contributed by atoms with E-state index in [0.717, 1.165) is 5.69 Å². The minimum Gasteiger partial charge on any atom is -0.330 e. The van der Waals surface area contributed by atoms with Gasteiger partial charge in [-0.3, -0.25) is 9.36 Å². The van der Waals surface area contributed by atoms with Crippen molar-refractivity contribution in [3.63, 3.8) is 0 Å². The molecule has 0 bridgehead atoms. The Morgan fingerprint density at radius 3 is 2.92 bits per heavy atom. The molecule has 1 unspecified atom stereocenters. The zero-order valence-corrected chi connectivity index (χ0v) is 8.03. The van der Waals surface area contributed by atoms with Gasteiger partial charge in [-0.15, -0.1) is 0 Å². The first-order chi connectivity index (χ1) is 6.13. The molecule has 0 amide bonds. The number of hydrogen-bond donors (Lipinski definition) is 1. The van der Waals surface area contributed by atoms with Crippen LogP contribution in [-0.2, 0) is 6.54 Å². The molecule has 1 heterocycles. The van der Waals surface area contributed by atoms with Crippen LogP contribution >= 0.6 is 0 Å². The van der Waals surface area contributed by atoms with E-state index in [4.69, 9.17) is 5.73 Å². The van der Waals surface area contributed by atoms with Crippen LogP contribution in [0, 0.1) is 12.8 Å². The molecule has 0 fully saturated rings. The summed E-state index contributed by atoms with van der Waals surface area (Å²) in [6, 6.07) is 1.53. The van der Waals surface area contributed by atoms with Gasteiger partial charge >= 0.3 is 0 Å². The van der Waals surface area contributed by atoms with E-state index in [1.807, 2.05) is 6.92 Å². The van der Waals surface area contributed by atoms with Crippen molar-refractivity contribution in [2.75, 3.05) is 6.54 Å². The molecule has 72 valence electrons. The summed E-state index contributed by atoms with van der Waals surface area (Å²) in [5, 5.41) is 0. The normalized spacial score (nSPS) is 12.8. The summed E-state index contributed by atoms with van der Waals surface area (Å²) in [7, 11) is 0. The quantitative estimate of drug-likeness (QED) is 0.722. The van der Waals surface area contributed by atoms with Gasteiger partial charge in [0, 0.05) is 18.3 Å². The van der Waals surface area contributed by atoms with Crippen LogP contribution in [0.1, 0.15) is 12.6 Å². The summed E-state index contributed by atoms with van der Waals surface area (Å²) in [6.07, 6.45) is 1.57. The maximum absolute atomic E-state index is 11.4. The fourth-order valence-electron chi connectivity index (χ4n) is 1.06. The van der Waals surface area contributed by atoms with Gasteiger partial charge in [-0.2, -0.15) is 0 Å². The van der Waals surface area contributed by atoms with Crippen molar-refractivity contribution < 1.29 is 0 Å². The predicted molar refractivity (Wildman–Crippen MR) is 51.5 cm³/mol. The molecule has 2 N–H and O–H groups in total. The van der Waals surface area contributed by atoms with E-state index in [2.05, 4.69) is 4.98 Å². The van der Waals surface area contributed by atoms with Gasteiger partial charge in [0.25, 0.3) is 5.56 Å². The third kappa shape index (κ3) is 2.66. The lowest BCUT2D eigenvalue weighted by molar-refractivity contribution is 0.476. The topological polar surface area (TPSA) is 60.9 Å². The summed E-state index contributed by atoms with van der Waals surface area (Å²) in [6.45, 7) is 5.04. The summed E-state index contributed by atoms with van der Waals surface area (Å²) in [4.78, 5) is 15.4. The van der Waals surface area contributed by atoms with Crippen LogP contribution in [0.2, 0.25) is 0 Å². The minimum absolute atomic E-state index is 0.00667. The van der Waals surface area contributed by atoms with Crippen molar-refractivity contribution >= 4 is 0 Å². The third-order valence-electron chi connectivity index (χ3n) is 1.93. The number of nitrogens with two attached hydrogens (primary N) is 1. The average molecular weight is 181 g/mol. The fraction of sp³-hybridized carbons (Fsp3) is 0.556. The number of rotatable bonds is 3. The third-order valence-corrected chi connectivity index (χ3v) is 1.93. The Morgan fingerprint density at radius 1 is 1.69 bits per heavy atom. The van der Waals surface area contributed by atoms with Gasteiger partial charge in [0.15, 0.2) is 0 Å². The molecule has 0 aliphatic rings. The number of nitrogens with zero attached hydrogens (tertiary/aromatic N) is 2. The second-order valence-corrected chi connectivity index (χ2v) is 3.36. The molecule has 0 aromatic carbocycles. The van der Waals surface area contributed by atoms with E-state index in [-0.39, 0.29) is 5.56 Å². The lowest BCUT2D eigenvalue weighted by Crippen LogP contribution is -2.26. The molecule has 13 heavy (non-hydrogen) atoms. The zero-order valence-electron chi connectivity index (χ0n) is 8.03. The lowest BCUT2D eigenvalue weighted by atomic mass is 10.2. The molecule has 4 heteroatoms. The standard InChI is InChI=1S/C9H15N3O/c1-7(4-10)5-12-6-11-8(2)3-9(12)13/h3,6-7H,4-5,10H2,1-2H3. The van der Waals surface area contributed by atoms with Crippen molar-refractivity contribution in [1.82, 2.24) is 9.55 Å². The first kappa shape index (κ1) is 9.92. The molecule has 1 aromatic heterocycles. The molecule has 0 spiro atoms. The molecular formula is C9H15N3O. The molecule has 1 aromatic rings. The monoisotopic (exact) mass is 181 g/mol. The van der Waals surface area contributed by atoms with Crippen LogP contribution in [0.15, 0.2) is 17.2 Å². The highest BCUT2D eigenvalue weighted by molar-refractivity contribution is 4.95. The van der Waals surface area contributed by atoms with E-state index < -0.39 is 0 Å². The Labute approximate surface area is 77.4 Å². The lowest BCUT2D eigenvalue weighted by Gasteiger charge is -2.09. The smallest absolute Gasteiger partial charge is 0.253 e. The number of hydrogen-bond acceptors (Lipinski definition) is 3. The van der Waals surface area contributed by atoms with Crippen molar-refractivity contribution in [3.05, 3.63) is 28.4 Å². The van der Waals surface area contributed by atoms with Crippen molar-refractivity contribution in [2.45, 2.75) is 20.4 Å². The predicted octanol–water partition coefficient (Wildman–Crippen LogP) is 0.147. The van der Waals surface area contributed by atoms with Gasteiger partial charge in [-0.25, -0.2) is 4.98 Å². The molecule has 1 rings (SSSR count). The van der Waals surface area contributed by atoms with Crippen molar-refractivity contribution in [1.29, 1.82) is 0 Å². The Hall–Kier alpha value is -1.16. The number of aromatic nitrogens is 2. The van der Waals surface area contributed by atoms with Crippen LogP contribution in [-0.4, -0.2) is 16.1 Å². The summed E-state index contributed by atoms with van der Waals surface area (Å²) >= 11 is 0. The summed E-state index contributed by atoms with van der Waals surface area (Å²) < 4.78 is 1.59. The summed E-state index contributed by atoms with van der Waals surface area (Å²) in [5.74, 6) is 0.308. The van der Waals surface area contributed by atoms with Crippen LogP contribution in [0.3, 0.4) is 0 Å². The Morgan fingerprint density at radius 2 is 2.38 bits per heavy atom. The Kier molecular flexibility index (Phi) is 3.19. The SMILES string of the molecule is Cc1cc(=O)n(CC(C)CN)cn1. The highest BCUT2D eigenvalue weighted by Gasteiger charge is 2.02. The van der Waals surface area contributed by atoms with Gasteiger partial charge in [0.05, 0.1) is 6.33 Å². The average Bonchev–Trinajstić information content (AvgIpc) is 2.09. The molecule has 0 aliphatic carbocycles. The molecule has 0 saturated carbocycles. The molecule has 0 radical (unpaired) electrons. The minimum atomic E-state index is -0.00667. The zero-order chi connectivity index (χ0) is 9.84. The maximum Gasteiger partial charge on any atom is 0.253 e.